The van der Waals surface area contributed by atoms with E-state index in [1.165, 1.54) is 5.56 Å². The monoisotopic (exact) mass is 309 g/mol. The first-order chi connectivity index (χ1) is 11.2. The summed E-state index contributed by atoms with van der Waals surface area (Å²) in [5.41, 5.74) is 4.12. The highest BCUT2D eigenvalue weighted by molar-refractivity contribution is 5.72. The number of anilines is 1. The van der Waals surface area contributed by atoms with Crippen molar-refractivity contribution in [2.45, 2.75) is 19.5 Å². The van der Waals surface area contributed by atoms with Crippen LogP contribution >= 0.6 is 0 Å². The first kappa shape index (κ1) is 14.1. The second kappa shape index (κ2) is 5.62. The van der Waals surface area contributed by atoms with Crippen LogP contribution in [-0.2, 0) is 19.5 Å². The lowest BCUT2D eigenvalue weighted by Gasteiger charge is -2.29. The lowest BCUT2D eigenvalue weighted by Crippen LogP contribution is -2.32. The molecule has 0 spiro atoms. The topological polar surface area (TPSA) is 58.3 Å². The van der Waals surface area contributed by atoms with Crippen LogP contribution in [0.1, 0.15) is 17.1 Å². The zero-order valence-electron chi connectivity index (χ0n) is 13.4. The van der Waals surface area contributed by atoms with E-state index in [0.29, 0.717) is 6.54 Å². The predicted molar refractivity (Wildman–Crippen MR) is 88.2 cm³/mol. The third-order valence-electron chi connectivity index (χ3n) is 4.18. The number of rotatable bonds is 3. The van der Waals surface area contributed by atoms with E-state index in [0.717, 1.165) is 48.0 Å². The second-order valence-corrected chi connectivity index (χ2v) is 6.05. The smallest absolute Gasteiger partial charge is 0.209 e. The maximum absolute atomic E-state index is 5.84. The Bertz CT molecular complexity index is 809. The van der Waals surface area contributed by atoms with Gasteiger partial charge in [-0.1, -0.05) is 12.1 Å². The van der Waals surface area contributed by atoms with Crippen molar-refractivity contribution in [1.82, 2.24) is 19.9 Å². The van der Waals surface area contributed by atoms with Crippen LogP contribution in [0.3, 0.4) is 0 Å². The number of benzene rings is 1. The number of aromatic nitrogens is 3. The summed E-state index contributed by atoms with van der Waals surface area (Å²) in [4.78, 5) is 17.8. The lowest BCUT2D eigenvalue weighted by molar-refractivity contribution is 0.221. The van der Waals surface area contributed by atoms with Gasteiger partial charge in [-0.25, -0.2) is 15.0 Å². The van der Waals surface area contributed by atoms with Gasteiger partial charge in [0.05, 0.1) is 12.2 Å². The van der Waals surface area contributed by atoms with Gasteiger partial charge in [0.25, 0.3) is 0 Å². The van der Waals surface area contributed by atoms with Crippen LogP contribution < -0.4 is 4.90 Å². The first-order valence-electron chi connectivity index (χ1n) is 7.77. The summed E-state index contributed by atoms with van der Waals surface area (Å²) in [6.45, 7) is 2.48. The number of fused-ring (bicyclic) bond motifs is 2. The van der Waals surface area contributed by atoms with E-state index in [1.54, 1.807) is 6.33 Å². The van der Waals surface area contributed by atoms with Crippen LogP contribution in [0.4, 0.5) is 5.82 Å². The quantitative estimate of drug-likeness (QED) is 0.739. The Balaban J connectivity index is 1.58. The van der Waals surface area contributed by atoms with Crippen LogP contribution in [0.5, 0.6) is 0 Å². The SMILES string of the molecule is CN(C)c1ncnc2c1CN(Cc1nc3ccccc3o1)CC2. The third-order valence-corrected chi connectivity index (χ3v) is 4.18. The van der Waals surface area contributed by atoms with E-state index in [1.807, 2.05) is 43.3 Å². The standard InChI is InChI=1S/C17H19N5O/c1-21(2)17-12-9-22(8-7-13(12)18-11-19-17)10-16-20-14-5-3-4-6-15(14)23-16/h3-6,11H,7-10H2,1-2H3. The zero-order chi connectivity index (χ0) is 15.8. The minimum Gasteiger partial charge on any atom is -0.439 e. The van der Waals surface area contributed by atoms with Crippen LogP contribution in [-0.4, -0.2) is 40.5 Å². The first-order valence-corrected chi connectivity index (χ1v) is 7.77. The molecule has 0 atom stereocenters. The minimum absolute atomic E-state index is 0.704. The molecule has 0 saturated carbocycles. The molecule has 2 aromatic heterocycles. The lowest BCUT2D eigenvalue weighted by atomic mass is 10.1. The molecule has 3 aromatic rings. The molecule has 0 N–H and O–H groups in total. The van der Waals surface area contributed by atoms with E-state index >= 15 is 0 Å². The van der Waals surface area contributed by atoms with E-state index in [2.05, 4.69) is 19.9 Å². The average Bonchev–Trinajstić information content (AvgIpc) is 2.96. The molecule has 0 bridgehead atoms. The number of oxazole rings is 1. The molecule has 23 heavy (non-hydrogen) atoms. The van der Waals surface area contributed by atoms with Gasteiger partial charge in [-0.15, -0.1) is 0 Å². The number of hydrogen-bond acceptors (Lipinski definition) is 6. The number of nitrogens with zero attached hydrogens (tertiary/aromatic N) is 5. The Morgan fingerprint density at radius 1 is 1.22 bits per heavy atom. The fraction of sp³-hybridized carbons (Fsp3) is 0.353. The van der Waals surface area contributed by atoms with E-state index < -0.39 is 0 Å². The molecule has 4 rings (SSSR count). The van der Waals surface area contributed by atoms with Crippen LogP contribution in [0.2, 0.25) is 0 Å². The molecule has 0 radical (unpaired) electrons. The highest BCUT2D eigenvalue weighted by atomic mass is 16.3. The van der Waals surface area contributed by atoms with E-state index in [4.69, 9.17) is 4.42 Å². The second-order valence-electron chi connectivity index (χ2n) is 6.05. The molecule has 6 nitrogen and oxygen atoms in total. The summed E-state index contributed by atoms with van der Waals surface area (Å²) in [6.07, 6.45) is 2.59. The molecule has 0 fully saturated rings. The van der Waals surface area contributed by atoms with E-state index in [-0.39, 0.29) is 0 Å². The van der Waals surface area contributed by atoms with Crippen molar-refractivity contribution in [2.24, 2.45) is 0 Å². The number of para-hydroxylation sites is 2. The summed E-state index contributed by atoms with van der Waals surface area (Å²) in [6, 6.07) is 7.88. The molecule has 118 valence electrons. The van der Waals surface area contributed by atoms with Crippen LogP contribution in [0, 0.1) is 0 Å². The van der Waals surface area contributed by atoms with Gasteiger partial charge in [0.2, 0.25) is 5.89 Å². The molecular weight excluding hydrogens is 290 g/mol. The van der Waals surface area contributed by atoms with Crippen molar-refractivity contribution in [1.29, 1.82) is 0 Å². The predicted octanol–water partition coefficient (Wildman–Crippen LogP) is 2.24. The fourth-order valence-electron chi connectivity index (χ4n) is 3.08. The van der Waals surface area contributed by atoms with Gasteiger partial charge in [-0.2, -0.15) is 0 Å². The summed E-state index contributed by atoms with van der Waals surface area (Å²) >= 11 is 0. The highest BCUT2D eigenvalue weighted by Crippen LogP contribution is 2.26. The Morgan fingerprint density at radius 3 is 2.91 bits per heavy atom. The Labute approximate surface area is 134 Å². The maximum Gasteiger partial charge on any atom is 0.209 e. The molecular formula is C17H19N5O. The molecule has 0 unspecified atom stereocenters. The summed E-state index contributed by atoms with van der Waals surface area (Å²) in [7, 11) is 4.03. The molecule has 1 aliphatic heterocycles. The summed E-state index contributed by atoms with van der Waals surface area (Å²) in [5, 5.41) is 0. The summed E-state index contributed by atoms with van der Waals surface area (Å²) in [5.74, 6) is 1.76. The fourth-order valence-corrected chi connectivity index (χ4v) is 3.08. The molecule has 1 aromatic carbocycles. The largest absolute Gasteiger partial charge is 0.439 e. The average molecular weight is 309 g/mol. The normalized spacial score (nSPS) is 14.9. The van der Waals surface area contributed by atoms with Crippen molar-refractivity contribution >= 4 is 16.9 Å². The van der Waals surface area contributed by atoms with Gasteiger partial charge in [-0.3, -0.25) is 4.90 Å². The molecule has 0 amide bonds. The van der Waals surface area contributed by atoms with Crippen LogP contribution in [0.15, 0.2) is 35.0 Å². The molecule has 1 aliphatic rings. The Morgan fingerprint density at radius 2 is 2.09 bits per heavy atom. The van der Waals surface area contributed by atoms with Gasteiger partial charge in [0.15, 0.2) is 5.58 Å². The summed E-state index contributed by atoms with van der Waals surface area (Å²) < 4.78 is 5.84. The molecule has 0 saturated heterocycles. The highest BCUT2D eigenvalue weighted by Gasteiger charge is 2.23. The third kappa shape index (κ3) is 2.66. The Kier molecular flexibility index (Phi) is 3.46. The molecule has 6 heteroatoms. The van der Waals surface area contributed by atoms with Gasteiger partial charge in [0.1, 0.15) is 17.7 Å². The van der Waals surface area contributed by atoms with E-state index in [9.17, 15) is 0 Å². The number of hydrogen-bond donors (Lipinski definition) is 0. The zero-order valence-corrected chi connectivity index (χ0v) is 13.4. The van der Waals surface area contributed by atoms with Crippen molar-refractivity contribution < 1.29 is 4.42 Å². The van der Waals surface area contributed by atoms with Gasteiger partial charge in [-0.05, 0) is 12.1 Å². The van der Waals surface area contributed by atoms with Gasteiger partial charge < -0.3 is 9.32 Å². The minimum atomic E-state index is 0.704. The van der Waals surface area contributed by atoms with Gasteiger partial charge in [0, 0.05) is 39.2 Å². The van der Waals surface area contributed by atoms with Crippen LogP contribution in [0.25, 0.3) is 11.1 Å². The Hall–Kier alpha value is -2.47. The maximum atomic E-state index is 5.84. The van der Waals surface area contributed by atoms with Crippen molar-refractivity contribution in [3.05, 3.63) is 47.7 Å². The van der Waals surface area contributed by atoms with Crippen molar-refractivity contribution in [3.8, 4) is 0 Å². The molecule has 3 heterocycles. The van der Waals surface area contributed by atoms with Crippen molar-refractivity contribution in [3.63, 3.8) is 0 Å². The molecule has 0 aliphatic carbocycles. The van der Waals surface area contributed by atoms with Gasteiger partial charge >= 0.3 is 0 Å². The van der Waals surface area contributed by atoms with Crippen molar-refractivity contribution in [2.75, 3.05) is 25.5 Å².